The third-order valence-corrected chi connectivity index (χ3v) is 5.30. The van der Waals surface area contributed by atoms with E-state index in [0.29, 0.717) is 30.8 Å². The van der Waals surface area contributed by atoms with Gasteiger partial charge >= 0.3 is 0 Å². The van der Waals surface area contributed by atoms with Crippen molar-refractivity contribution in [1.82, 2.24) is 10.2 Å². The quantitative estimate of drug-likeness (QED) is 0.904. The molecule has 0 aromatic heterocycles. The Balaban J connectivity index is 1.45. The van der Waals surface area contributed by atoms with Crippen LogP contribution in [0.1, 0.15) is 25.7 Å². The Morgan fingerprint density at radius 2 is 2.04 bits per heavy atom. The van der Waals surface area contributed by atoms with E-state index in [0.717, 1.165) is 38.0 Å². The van der Waals surface area contributed by atoms with E-state index in [2.05, 4.69) is 10.2 Å². The molecule has 2 atom stereocenters. The van der Waals surface area contributed by atoms with Crippen LogP contribution in [-0.4, -0.2) is 55.0 Å². The fourth-order valence-corrected chi connectivity index (χ4v) is 4.13. The van der Waals surface area contributed by atoms with E-state index in [1.165, 1.54) is 0 Å². The number of ether oxygens (including phenoxy) is 1. The number of rotatable bonds is 3. The van der Waals surface area contributed by atoms with Crippen LogP contribution in [0.3, 0.4) is 0 Å². The zero-order valence-electron chi connectivity index (χ0n) is 13.7. The molecule has 3 aliphatic heterocycles. The molecule has 2 fully saturated rings. The topological polar surface area (TPSA) is 61.9 Å². The summed E-state index contributed by atoms with van der Waals surface area (Å²) in [4.78, 5) is 28.8. The van der Waals surface area contributed by atoms with Crippen LogP contribution in [0.4, 0.5) is 5.69 Å². The van der Waals surface area contributed by atoms with Gasteiger partial charge in [-0.05, 0) is 37.9 Å². The van der Waals surface area contributed by atoms with Crippen LogP contribution < -0.4 is 15.0 Å². The summed E-state index contributed by atoms with van der Waals surface area (Å²) < 4.78 is 5.45. The number of benzene rings is 1. The average Bonchev–Trinajstić information content (AvgIpc) is 2.86. The SMILES string of the molecule is O=C1COc2ccccc2N1CCC(=O)N1C2CCNCC1CC2. The Labute approximate surface area is 141 Å². The van der Waals surface area contributed by atoms with E-state index in [-0.39, 0.29) is 18.4 Å². The van der Waals surface area contributed by atoms with Crippen LogP contribution in [0.2, 0.25) is 0 Å². The molecule has 1 N–H and O–H groups in total. The second kappa shape index (κ2) is 6.43. The van der Waals surface area contributed by atoms with Crippen molar-refractivity contribution >= 4 is 17.5 Å². The predicted octanol–water partition coefficient (Wildman–Crippen LogP) is 1.15. The number of fused-ring (bicyclic) bond motifs is 3. The highest BCUT2D eigenvalue weighted by Gasteiger charge is 2.38. The van der Waals surface area contributed by atoms with E-state index in [1.807, 2.05) is 24.3 Å². The van der Waals surface area contributed by atoms with Gasteiger partial charge in [-0.1, -0.05) is 12.1 Å². The first-order valence-electron chi connectivity index (χ1n) is 8.78. The standard InChI is InChI=1S/C18H23N3O3/c22-17(21-13-5-6-14(21)11-19-9-7-13)8-10-20-15-3-1-2-4-16(15)24-12-18(20)23/h1-4,13-14,19H,5-12H2. The lowest BCUT2D eigenvalue weighted by Gasteiger charge is -2.31. The Kier molecular flexibility index (Phi) is 4.14. The molecule has 2 bridgehead atoms. The summed E-state index contributed by atoms with van der Waals surface area (Å²) in [6, 6.07) is 8.19. The van der Waals surface area contributed by atoms with E-state index >= 15 is 0 Å². The molecule has 2 unspecified atom stereocenters. The number of carbonyl (C=O) groups is 2. The van der Waals surface area contributed by atoms with Crippen molar-refractivity contribution in [2.45, 2.75) is 37.8 Å². The van der Waals surface area contributed by atoms with Crippen LogP contribution in [0.15, 0.2) is 24.3 Å². The second-order valence-corrected chi connectivity index (χ2v) is 6.73. The number of nitrogens with zero attached hydrogens (tertiary/aromatic N) is 2. The normalized spacial score (nSPS) is 25.9. The molecule has 0 spiro atoms. The number of nitrogens with one attached hydrogen (secondary N) is 1. The van der Waals surface area contributed by atoms with E-state index < -0.39 is 0 Å². The minimum atomic E-state index is -0.0815. The van der Waals surface area contributed by atoms with Crippen molar-refractivity contribution in [3.8, 4) is 5.75 Å². The van der Waals surface area contributed by atoms with Gasteiger partial charge in [0.05, 0.1) is 5.69 Å². The molecule has 0 saturated carbocycles. The molecular weight excluding hydrogens is 306 g/mol. The third-order valence-electron chi connectivity index (χ3n) is 5.30. The largest absolute Gasteiger partial charge is 0.482 e. The number of carbonyl (C=O) groups excluding carboxylic acids is 2. The Bertz CT molecular complexity index is 634. The van der Waals surface area contributed by atoms with Gasteiger partial charge in [-0.2, -0.15) is 0 Å². The third kappa shape index (κ3) is 2.75. The van der Waals surface area contributed by atoms with Gasteiger partial charge in [-0.15, -0.1) is 0 Å². The van der Waals surface area contributed by atoms with Crippen molar-refractivity contribution in [1.29, 1.82) is 0 Å². The molecule has 0 aliphatic carbocycles. The molecule has 0 radical (unpaired) electrons. The molecule has 1 aromatic rings. The van der Waals surface area contributed by atoms with Crippen molar-refractivity contribution < 1.29 is 14.3 Å². The molecule has 6 heteroatoms. The molecule has 24 heavy (non-hydrogen) atoms. The van der Waals surface area contributed by atoms with Gasteiger partial charge in [0.1, 0.15) is 5.75 Å². The van der Waals surface area contributed by atoms with Gasteiger partial charge in [0.2, 0.25) is 5.91 Å². The first-order chi connectivity index (χ1) is 11.7. The number of hydrogen-bond donors (Lipinski definition) is 1. The molecule has 4 rings (SSSR count). The second-order valence-electron chi connectivity index (χ2n) is 6.73. The summed E-state index contributed by atoms with van der Waals surface area (Å²) in [5, 5.41) is 3.41. The van der Waals surface area contributed by atoms with Crippen LogP contribution in [0, 0.1) is 0 Å². The van der Waals surface area contributed by atoms with Crippen LogP contribution in [0.25, 0.3) is 0 Å². The Morgan fingerprint density at radius 1 is 1.21 bits per heavy atom. The van der Waals surface area contributed by atoms with Crippen LogP contribution in [-0.2, 0) is 9.59 Å². The van der Waals surface area contributed by atoms with Crippen molar-refractivity contribution in [2.75, 3.05) is 31.1 Å². The van der Waals surface area contributed by atoms with Gasteiger partial charge in [0, 0.05) is 31.6 Å². The molecule has 6 nitrogen and oxygen atoms in total. The number of hydrogen-bond acceptors (Lipinski definition) is 4. The van der Waals surface area contributed by atoms with Crippen LogP contribution in [0.5, 0.6) is 5.75 Å². The van der Waals surface area contributed by atoms with Crippen molar-refractivity contribution in [2.24, 2.45) is 0 Å². The summed E-state index contributed by atoms with van der Waals surface area (Å²) in [7, 11) is 0. The molecule has 3 aliphatic rings. The van der Waals surface area contributed by atoms with Crippen LogP contribution >= 0.6 is 0 Å². The lowest BCUT2D eigenvalue weighted by atomic mass is 10.1. The lowest BCUT2D eigenvalue weighted by molar-refractivity contribution is -0.133. The summed E-state index contributed by atoms with van der Waals surface area (Å²) in [6.45, 7) is 2.34. The summed E-state index contributed by atoms with van der Waals surface area (Å²) >= 11 is 0. The highest BCUT2D eigenvalue weighted by Crippen LogP contribution is 2.32. The lowest BCUT2D eigenvalue weighted by Crippen LogP contribution is -2.45. The summed E-state index contributed by atoms with van der Waals surface area (Å²) in [5.74, 6) is 0.800. The van der Waals surface area contributed by atoms with E-state index in [1.54, 1.807) is 4.90 Å². The number of amides is 2. The highest BCUT2D eigenvalue weighted by molar-refractivity contribution is 5.98. The predicted molar refractivity (Wildman–Crippen MR) is 90.0 cm³/mol. The Hall–Kier alpha value is -2.08. The molecule has 2 amide bonds. The minimum absolute atomic E-state index is 0.0457. The monoisotopic (exact) mass is 329 g/mol. The first-order valence-corrected chi connectivity index (χ1v) is 8.78. The maximum Gasteiger partial charge on any atom is 0.265 e. The first kappa shape index (κ1) is 15.4. The zero-order valence-corrected chi connectivity index (χ0v) is 13.7. The number of anilines is 1. The maximum absolute atomic E-state index is 12.8. The average molecular weight is 329 g/mol. The molecule has 3 heterocycles. The van der Waals surface area contributed by atoms with Gasteiger partial charge in [-0.3, -0.25) is 9.59 Å². The molecule has 1 aromatic carbocycles. The highest BCUT2D eigenvalue weighted by atomic mass is 16.5. The maximum atomic E-state index is 12.8. The Morgan fingerprint density at radius 3 is 2.96 bits per heavy atom. The number of para-hydroxylation sites is 2. The minimum Gasteiger partial charge on any atom is -0.482 e. The fraction of sp³-hybridized carbons (Fsp3) is 0.556. The van der Waals surface area contributed by atoms with E-state index in [4.69, 9.17) is 4.74 Å². The van der Waals surface area contributed by atoms with Gasteiger partial charge in [-0.25, -0.2) is 0 Å². The van der Waals surface area contributed by atoms with Gasteiger partial charge in [0.15, 0.2) is 6.61 Å². The molecule has 128 valence electrons. The van der Waals surface area contributed by atoms with E-state index in [9.17, 15) is 9.59 Å². The van der Waals surface area contributed by atoms with Gasteiger partial charge in [0.25, 0.3) is 5.91 Å². The van der Waals surface area contributed by atoms with Gasteiger partial charge < -0.3 is 19.9 Å². The van der Waals surface area contributed by atoms with Crippen molar-refractivity contribution in [3.63, 3.8) is 0 Å². The molecular formula is C18H23N3O3. The summed E-state index contributed by atoms with van der Waals surface area (Å²) in [5.41, 5.74) is 0.766. The molecule has 2 saturated heterocycles. The van der Waals surface area contributed by atoms with Crippen molar-refractivity contribution in [3.05, 3.63) is 24.3 Å². The summed E-state index contributed by atoms with van der Waals surface area (Å²) in [6.07, 6.45) is 3.59. The zero-order chi connectivity index (χ0) is 16.5. The fourth-order valence-electron chi connectivity index (χ4n) is 4.13. The smallest absolute Gasteiger partial charge is 0.265 e.